The van der Waals surface area contributed by atoms with Crippen LogP contribution in [0.1, 0.15) is 29.2 Å². The Morgan fingerprint density at radius 2 is 1.90 bits per heavy atom. The summed E-state index contributed by atoms with van der Waals surface area (Å²) in [6.07, 6.45) is 0. The van der Waals surface area contributed by atoms with Gasteiger partial charge in [-0.25, -0.2) is 9.78 Å². The predicted octanol–water partition coefficient (Wildman–Crippen LogP) is 3.61. The van der Waals surface area contributed by atoms with Crippen LogP contribution in [0.5, 0.6) is 11.5 Å². The van der Waals surface area contributed by atoms with Gasteiger partial charge in [0.2, 0.25) is 0 Å². The normalized spacial score (nSPS) is 10.4. The molecule has 0 atom stereocenters. The van der Waals surface area contributed by atoms with Crippen LogP contribution in [0.25, 0.3) is 10.6 Å². The average Bonchev–Trinajstić information content (AvgIpc) is 2.83. The van der Waals surface area contributed by atoms with Crippen molar-refractivity contribution in [3.05, 3.63) is 28.8 Å². The van der Waals surface area contributed by atoms with Gasteiger partial charge < -0.3 is 14.6 Å². The van der Waals surface area contributed by atoms with Crippen LogP contribution in [-0.2, 0) is 0 Å². The molecule has 1 aromatic heterocycles. The Kier molecular flexibility index (Phi) is 4.80. The SMILES string of the molecule is CCOc1ccc(-c2nc(C)c(C(=O)O)s2)cc1OCC. The number of nitrogens with zero attached hydrogens (tertiary/aromatic N) is 1. The topological polar surface area (TPSA) is 68.7 Å². The highest BCUT2D eigenvalue weighted by Gasteiger charge is 2.16. The maximum absolute atomic E-state index is 11.1. The summed E-state index contributed by atoms with van der Waals surface area (Å²) < 4.78 is 11.1. The van der Waals surface area contributed by atoms with Gasteiger partial charge in [-0.2, -0.15) is 0 Å². The summed E-state index contributed by atoms with van der Waals surface area (Å²) in [6, 6.07) is 5.51. The minimum atomic E-state index is -0.952. The number of aromatic nitrogens is 1. The van der Waals surface area contributed by atoms with Crippen molar-refractivity contribution in [1.82, 2.24) is 4.98 Å². The largest absolute Gasteiger partial charge is 0.490 e. The van der Waals surface area contributed by atoms with E-state index in [4.69, 9.17) is 14.6 Å². The zero-order chi connectivity index (χ0) is 15.4. The third-order valence-corrected chi connectivity index (χ3v) is 3.98. The third kappa shape index (κ3) is 3.33. The highest BCUT2D eigenvalue weighted by Crippen LogP contribution is 2.35. The fourth-order valence-electron chi connectivity index (χ4n) is 1.90. The highest BCUT2D eigenvalue weighted by molar-refractivity contribution is 7.17. The van der Waals surface area contributed by atoms with Gasteiger partial charge in [0.15, 0.2) is 11.5 Å². The van der Waals surface area contributed by atoms with E-state index in [9.17, 15) is 4.79 Å². The fourth-order valence-corrected chi connectivity index (χ4v) is 2.80. The molecular weight excluding hydrogens is 290 g/mol. The molecule has 2 rings (SSSR count). The molecule has 1 heterocycles. The van der Waals surface area contributed by atoms with Gasteiger partial charge in [0.1, 0.15) is 9.88 Å². The van der Waals surface area contributed by atoms with Gasteiger partial charge in [0.05, 0.1) is 18.9 Å². The van der Waals surface area contributed by atoms with Crippen LogP contribution in [0, 0.1) is 6.92 Å². The van der Waals surface area contributed by atoms with E-state index in [1.54, 1.807) is 6.92 Å². The summed E-state index contributed by atoms with van der Waals surface area (Å²) in [5.74, 6) is 0.364. The summed E-state index contributed by atoms with van der Waals surface area (Å²) in [6.45, 7) is 6.59. The molecule has 0 amide bonds. The lowest BCUT2D eigenvalue weighted by molar-refractivity contribution is 0.0701. The van der Waals surface area contributed by atoms with Gasteiger partial charge in [0.25, 0.3) is 0 Å². The quantitative estimate of drug-likeness (QED) is 0.883. The lowest BCUT2D eigenvalue weighted by atomic mass is 10.2. The first-order valence-corrected chi connectivity index (χ1v) is 7.49. The van der Waals surface area contributed by atoms with E-state index < -0.39 is 5.97 Å². The molecule has 112 valence electrons. The van der Waals surface area contributed by atoms with Crippen LogP contribution in [0.15, 0.2) is 18.2 Å². The fraction of sp³-hybridized carbons (Fsp3) is 0.333. The van der Waals surface area contributed by atoms with Gasteiger partial charge in [-0.3, -0.25) is 0 Å². The third-order valence-electron chi connectivity index (χ3n) is 2.78. The average molecular weight is 307 g/mol. The van der Waals surface area contributed by atoms with Crippen molar-refractivity contribution in [2.45, 2.75) is 20.8 Å². The molecule has 0 fully saturated rings. The maximum atomic E-state index is 11.1. The smallest absolute Gasteiger partial charge is 0.347 e. The van der Waals surface area contributed by atoms with Crippen molar-refractivity contribution in [3.8, 4) is 22.1 Å². The van der Waals surface area contributed by atoms with Crippen molar-refractivity contribution in [2.24, 2.45) is 0 Å². The van der Waals surface area contributed by atoms with Crippen molar-refractivity contribution >= 4 is 17.3 Å². The second kappa shape index (κ2) is 6.58. The number of carboxylic acids is 1. The molecular formula is C15H17NO4S. The molecule has 1 aromatic carbocycles. The predicted molar refractivity (Wildman–Crippen MR) is 81.6 cm³/mol. The van der Waals surface area contributed by atoms with Gasteiger partial charge in [-0.15, -0.1) is 11.3 Å². The number of aryl methyl sites for hydroxylation is 1. The summed E-state index contributed by atoms with van der Waals surface area (Å²) in [5.41, 5.74) is 1.34. The van der Waals surface area contributed by atoms with Crippen molar-refractivity contribution in [1.29, 1.82) is 0 Å². The van der Waals surface area contributed by atoms with Gasteiger partial charge in [-0.05, 0) is 39.0 Å². The van der Waals surface area contributed by atoms with E-state index in [0.717, 1.165) is 16.9 Å². The molecule has 6 heteroatoms. The molecule has 2 aromatic rings. The van der Waals surface area contributed by atoms with E-state index in [2.05, 4.69) is 4.98 Å². The van der Waals surface area contributed by atoms with Crippen LogP contribution in [-0.4, -0.2) is 29.3 Å². The zero-order valence-electron chi connectivity index (χ0n) is 12.2. The minimum Gasteiger partial charge on any atom is -0.490 e. The summed E-state index contributed by atoms with van der Waals surface area (Å²) in [4.78, 5) is 15.7. The second-order valence-corrected chi connectivity index (χ2v) is 5.27. The first-order chi connectivity index (χ1) is 10.1. The highest BCUT2D eigenvalue weighted by atomic mass is 32.1. The molecule has 0 spiro atoms. The van der Waals surface area contributed by atoms with E-state index in [1.165, 1.54) is 0 Å². The lowest BCUT2D eigenvalue weighted by Gasteiger charge is -2.11. The standard InChI is InChI=1S/C15H17NO4S/c1-4-19-11-7-6-10(8-12(11)20-5-2)14-16-9(3)13(21-14)15(17)18/h6-8H,4-5H2,1-3H3,(H,17,18). The van der Waals surface area contributed by atoms with Crippen LogP contribution in [0.2, 0.25) is 0 Å². The number of hydrogen-bond donors (Lipinski definition) is 1. The first kappa shape index (κ1) is 15.3. The van der Waals surface area contributed by atoms with Crippen LogP contribution in [0.3, 0.4) is 0 Å². The summed E-state index contributed by atoms with van der Waals surface area (Å²) >= 11 is 1.16. The van der Waals surface area contributed by atoms with E-state index in [0.29, 0.717) is 35.4 Å². The Labute approximate surface area is 127 Å². The van der Waals surface area contributed by atoms with Gasteiger partial charge in [-0.1, -0.05) is 0 Å². The molecule has 21 heavy (non-hydrogen) atoms. The van der Waals surface area contributed by atoms with Crippen LogP contribution in [0.4, 0.5) is 0 Å². The monoisotopic (exact) mass is 307 g/mol. The number of ether oxygens (including phenoxy) is 2. The number of rotatable bonds is 6. The van der Waals surface area contributed by atoms with Crippen molar-refractivity contribution in [3.63, 3.8) is 0 Å². The number of aromatic carboxylic acids is 1. The maximum Gasteiger partial charge on any atom is 0.347 e. The van der Waals surface area contributed by atoms with Crippen molar-refractivity contribution < 1.29 is 19.4 Å². The Morgan fingerprint density at radius 3 is 2.48 bits per heavy atom. The number of carbonyl (C=O) groups is 1. The molecule has 1 N–H and O–H groups in total. The summed E-state index contributed by atoms with van der Waals surface area (Å²) in [7, 11) is 0. The number of carboxylic acid groups (broad SMARTS) is 1. The Hall–Kier alpha value is -2.08. The number of thiazole rings is 1. The molecule has 0 aliphatic rings. The van der Waals surface area contributed by atoms with Crippen LogP contribution < -0.4 is 9.47 Å². The molecule has 0 saturated heterocycles. The molecule has 0 saturated carbocycles. The Morgan fingerprint density at radius 1 is 1.24 bits per heavy atom. The molecule has 0 aliphatic heterocycles. The Bertz CT molecular complexity index is 651. The van der Waals surface area contributed by atoms with Crippen LogP contribution >= 0.6 is 11.3 Å². The number of benzene rings is 1. The molecule has 0 bridgehead atoms. The van der Waals surface area contributed by atoms with Crippen molar-refractivity contribution in [2.75, 3.05) is 13.2 Å². The Balaban J connectivity index is 2.42. The van der Waals surface area contributed by atoms with Gasteiger partial charge >= 0.3 is 5.97 Å². The summed E-state index contributed by atoms with van der Waals surface area (Å²) in [5, 5.41) is 9.77. The van der Waals surface area contributed by atoms with E-state index in [-0.39, 0.29) is 4.88 Å². The molecule has 0 radical (unpaired) electrons. The van der Waals surface area contributed by atoms with Gasteiger partial charge in [0, 0.05) is 5.56 Å². The number of hydrogen-bond acceptors (Lipinski definition) is 5. The minimum absolute atomic E-state index is 0.261. The zero-order valence-corrected chi connectivity index (χ0v) is 13.0. The molecule has 0 unspecified atom stereocenters. The first-order valence-electron chi connectivity index (χ1n) is 6.67. The molecule has 5 nitrogen and oxygen atoms in total. The lowest BCUT2D eigenvalue weighted by Crippen LogP contribution is -1.98. The van der Waals surface area contributed by atoms with E-state index >= 15 is 0 Å². The second-order valence-electron chi connectivity index (χ2n) is 4.27. The van der Waals surface area contributed by atoms with E-state index in [1.807, 2.05) is 32.0 Å². The molecule has 0 aliphatic carbocycles.